The number of benzene rings is 2. The summed E-state index contributed by atoms with van der Waals surface area (Å²) >= 11 is 0. The van der Waals surface area contributed by atoms with Crippen molar-refractivity contribution in [1.82, 2.24) is 4.90 Å². The van der Waals surface area contributed by atoms with Crippen molar-refractivity contribution in [2.45, 2.75) is 6.42 Å². The summed E-state index contributed by atoms with van der Waals surface area (Å²) in [5.74, 6) is 0.461. The summed E-state index contributed by atoms with van der Waals surface area (Å²) in [6, 6.07) is 14.9. The lowest BCUT2D eigenvalue weighted by atomic mass is 9.96. The zero-order valence-electron chi connectivity index (χ0n) is 15.0. The summed E-state index contributed by atoms with van der Waals surface area (Å²) in [4.78, 5) is 27.0. The van der Waals surface area contributed by atoms with Gasteiger partial charge in [0.15, 0.2) is 0 Å². The molecule has 27 heavy (non-hydrogen) atoms. The number of rotatable bonds is 3. The largest absolute Gasteiger partial charge is 0.492 e. The lowest BCUT2D eigenvalue weighted by molar-refractivity contribution is -0.121. The fraction of sp³-hybridized carbons (Fsp3) is 0.333. The van der Waals surface area contributed by atoms with Gasteiger partial charge in [0.2, 0.25) is 5.91 Å². The quantitative estimate of drug-likeness (QED) is 0.905. The predicted octanol–water partition coefficient (Wildman–Crippen LogP) is 2.35. The van der Waals surface area contributed by atoms with Crippen LogP contribution in [0.5, 0.6) is 5.75 Å². The minimum Gasteiger partial charge on any atom is -0.492 e. The van der Waals surface area contributed by atoms with Crippen LogP contribution in [-0.2, 0) is 16.0 Å². The molecule has 0 saturated carbocycles. The first-order valence-corrected chi connectivity index (χ1v) is 9.19. The zero-order valence-corrected chi connectivity index (χ0v) is 15.0. The van der Waals surface area contributed by atoms with E-state index in [1.165, 1.54) is 0 Å². The number of carbonyl (C=O) groups excluding carboxylic acids is 2. The maximum absolute atomic E-state index is 12.7. The number of para-hydroxylation sites is 1. The fourth-order valence-electron chi connectivity index (χ4n) is 3.42. The van der Waals surface area contributed by atoms with Crippen molar-refractivity contribution in [3.63, 3.8) is 0 Å². The fourth-order valence-corrected chi connectivity index (χ4v) is 3.42. The van der Waals surface area contributed by atoms with Crippen LogP contribution in [0.15, 0.2) is 48.5 Å². The van der Waals surface area contributed by atoms with E-state index in [1.54, 1.807) is 29.2 Å². The molecule has 0 spiro atoms. The van der Waals surface area contributed by atoms with Gasteiger partial charge in [0.25, 0.3) is 5.91 Å². The summed E-state index contributed by atoms with van der Waals surface area (Å²) < 4.78 is 11.0. The lowest BCUT2D eigenvalue weighted by Crippen LogP contribution is -2.40. The second-order valence-corrected chi connectivity index (χ2v) is 6.79. The lowest BCUT2D eigenvalue weighted by Gasteiger charge is -2.27. The molecule has 0 aliphatic carbocycles. The van der Waals surface area contributed by atoms with Gasteiger partial charge in [-0.1, -0.05) is 24.3 Å². The molecule has 1 N–H and O–H groups in total. The maximum Gasteiger partial charge on any atom is 0.254 e. The van der Waals surface area contributed by atoms with E-state index in [-0.39, 0.29) is 17.7 Å². The predicted molar refractivity (Wildman–Crippen MR) is 101 cm³/mol. The minimum absolute atomic E-state index is 0.0377. The van der Waals surface area contributed by atoms with E-state index in [9.17, 15) is 9.59 Å². The Kier molecular flexibility index (Phi) is 5.07. The van der Waals surface area contributed by atoms with Gasteiger partial charge in [0.05, 0.1) is 19.1 Å². The molecular formula is C21H22N2O4. The third-order valence-corrected chi connectivity index (χ3v) is 4.93. The normalized spacial score (nSPS) is 19.0. The molecule has 2 aliphatic rings. The number of ether oxygens (including phenoxy) is 2. The first kappa shape index (κ1) is 17.5. The van der Waals surface area contributed by atoms with Crippen LogP contribution >= 0.6 is 0 Å². The number of hydrogen-bond acceptors (Lipinski definition) is 4. The molecule has 2 aromatic rings. The monoisotopic (exact) mass is 366 g/mol. The Morgan fingerprint density at radius 1 is 1.04 bits per heavy atom. The highest BCUT2D eigenvalue weighted by molar-refractivity contribution is 5.98. The van der Waals surface area contributed by atoms with Crippen molar-refractivity contribution in [2.75, 3.05) is 38.2 Å². The van der Waals surface area contributed by atoms with Gasteiger partial charge in [-0.2, -0.15) is 0 Å². The van der Waals surface area contributed by atoms with Crippen LogP contribution in [0.25, 0.3) is 0 Å². The van der Waals surface area contributed by atoms with Gasteiger partial charge in [0.1, 0.15) is 12.4 Å². The van der Waals surface area contributed by atoms with Crippen LogP contribution in [0.2, 0.25) is 0 Å². The summed E-state index contributed by atoms with van der Waals surface area (Å²) in [5, 5.41) is 2.93. The van der Waals surface area contributed by atoms with Crippen LogP contribution in [0, 0.1) is 5.92 Å². The summed E-state index contributed by atoms with van der Waals surface area (Å²) in [5.41, 5.74) is 2.23. The number of carbonyl (C=O) groups is 2. The molecule has 6 nitrogen and oxygen atoms in total. The summed E-state index contributed by atoms with van der Waals surface area (Å²) in [7, 11) is 0. The third kappa shape index (κ3) is 3.95. The average Bonchev–Trinajstić information content (AvgIpc) is 2.73. The molecule has 2 aromatic carbocycles. The van der Waals surface area contributed by atoms with E-state index >= 15 is 0 Å². The first-order chi connectivity index (χ1) is 13.2. The van der Waals surface area contributed by atoms with Crippen LogP contribution < -0.4 is 10.1 Å². The Labute approximate surface area is 158 Å². The van der Waals surface area contributed by atoms with Crippen molar-refractivity contribution in [2.24, 2.45) is 5.92 Å². The number of nitrogens with one attached hydrogen (secondary N) is 1. The molecule has 140 valence electrons. The van der Waals surface area contributed by atoms with Crippen LogP contribution in [-0.4, -0.2) is 49.6 Å². The topological polar surface area (TPSA) is 67.9 Å². The van der Waals surface area contributed by atoms with Gasteiger partial charge < -0.3 is 19.7 Å². The van der Waals surface area contributed by atoms with Gasteiger partial charge in [-0.05, 0) is 36.2 Å². The second-order valence-electron chi connectivity index (χ2n) is 6.79. The highest BCUT2D eigenvalue weighted by atomic mass is 16.5. The van der Waals surface area contributed by atoms with Crippen LogP contribution in [0.4, 0.5) is 5.69 Å². The number of morpholine rings is 1. The van der Waals surface area contributed by atoms with Crippen molar-refractivity contribution < 1.29 is 19.1 Å². The smallest absolute Gasteiger partial charge is 0.254 e. The van der Waals surface area contributed by atoms with Crippen LogP contribution in [0.3, 0.4) is 0 Å². The summed E-state index contributed by atoms with van der Waals surface area (Å²) in [6.07, 6.45) is 0.647. The van der Waals surface area contributed by atoms with E-state index in [2.05, 4.69) is 5.32 Å². The molecule has 2 heterocycles. The first-order valence-electron chi connectivity index (χ1n) is 9.19. The molecule has 4 rings (SSSR count). The number of amides is 2. The second kappa shape index (κ2) is 7.80. The number of nitrogens with zero attached hydrogens (tertiary/aromatic N) is 1. The van der Waals surface area contributed by atoms with Gasteiger partial charge in [-0.25, -0.2) is 0 Å². The molecule has 1 fully saturated rings. The number of hydrogen-bond donors (Lipinski definition) is 1. The van der Waals surface area contributed by atoms with Gasteiger partial charge >= 0.3 is 0 Å². The van der Waals surface area contributed by atoms with E-state index in [4.69, 9.17) is 9.47 Å². The Balaban J connectivity index is 1.42. The molecule has 1 atom stereocenters. The van der Waals surface area contributed by atoms with E-state index in [1.807, 2.05) is 24.3 Å². The van der Waals surface area contributed by atoms with Gasteiger partial charge in [0, 0.05) is 24.3 Å². The maximum atomic E-state index is 12.7. The highest BCUT2D eigenvalue weighted by Crippen LogP contribution is 2.27. The molecule has 1 saturated heterocycles. The molecular weight excluding hydrogens is 344 g/mol. The van der Waals surface area contributed by atoms with Gasteiger partial charge in [-0.3, -0.25) is 9.59 Å². The Morgan fingerprint density at radius 3 is 2.70 bits per heavy atom. The molecule has 2 amide bonds. The van der Waals surface area contributed by atoms with Crippen molar-refractivity contribution >= 4 is 17.5 Å². The van der Waals surface area contributed by atoms with E-state index in [0.29, 0.717) is 50.6 Å². The third-order valence-electron chi connectivity index (χ3n) is 4.93. The standard InChI is InChI=1S/C21H22N2O4/c24-20(17-12-15-4-1-2-7-19(15)27-14-17)22-18-6-3-5-16(13-18)21(25)23-8-10-26-11-9-23/h1-7,13,17H,8-12,14H2,(H,22,24)/t17-/m1/s1. The SMILES string of the molecule is O=C(Nc1cccc(C(=O)N2CCOCC2)c1)[C@H]1COc2ccccc2C1. The van der Waals surface area contributed by atoms with Crippen LogP contribution in [0.1, 0.15) is 15.9 Å². The van der Waals surface area contributed by atoms with Crippen molar-refractivity contribution in [3.8, 4) is 5.75 Å². The Bertz CT molecular complexity index is 846. The number of anilines is 1. The Morgan fingerprint density at radius 2 is 1.85 bits per heavy atom. The Hall–Kier alpha value is -2.86. The highest BCUT2D eigenvalue weighted by Gasteiger charge is 2.26. The average molecular weight is 366 g/mol. The molecule has 0 radical (unpaired) electrons. The zero-order chi connectivity index (χ0) is 18.6. The molecule has 6 heteroatoms. The minimum atomic E-state index is -0.251. The molecule has 0 bridgehead atoms. The molecule has 0 aromatic heterocycles. The van der Waals surface area contributed by atoms with Crippen molar-refractivity contribution in [3.05, 3.63) is 59.7 Å². The summed E-state index contributed by atoms with van der Waals surface area (Å²) in [6.45, 7) is 2.66. The molecule has 2 aliphatic heterocycles. The van der Waals surface area contributed by atoms with Crippen molar-refractivity contribution in [1.29, 1.82) is 0 Å². The molecule has 0 unspecified atom stereocenters. The number of fused-ring (bicyclic) bond motifs is 1. The van der Waals surface area contributed by atoms with Gasteiger partial charge in [-0.15, -0.1) is 0 Å². The van der Waals surface area contributed by atoms with E-state index < -0.39 is 0 Å². The van der Waals surface area contributed by atoms with E-state index in [0.717, 1.165) is 11.3 Å².